The van der Waals surface area contributed by atoms with Gasteiger partial charge in [0.25, 0.3) is 0 Å². The van der Waals surface area contributed by atoms with Crippen LogP contribution in [0.25, 0.3) is 0 Å². The van der Waals surface area contributed by atoms with Crippen molar-refractivity contribution < 1.29 is 14.2 Å². The molecule has 1 aliphatic heterocycles. The van der Waals surface area contributed by atoms with Crippen LogP contribution in [0.4, 0.5) is 0 Å². The van der Waals surface area contributed by atoms with Crippen LogP contribution in [-0.4, -0.2) is 40.0 Å². The lowest BCUT2D eigenvalue weighted by molar-refractivity contribution is 0.125. The summed E-state index contributed by atoms with van der Waals surface area (Å²) >= 11 is 0. The summed E-state index contributed by atoms with van der Waals surface area (Å²) in [6.07, 6.45) is 2.52. The molecule has 1 fully saturated rings. The maximum atomic E-state index is 5.74. The molecule has 0 amide bonds. The second-order valence-corrected chi connectivity index (χ2v) is 6.12. The lowest BCUT2D eigenvalue weighted by Gasteiger charge is -2.49. The van der Waals surface area contributed by atoms with Crippen molar-refractivity contribution in [3.63, 3.8) is 0 Å². The Balaban J connectivity index is 1.77. The van der Waals surface area contributed by atoms with Gasteiger partial charge in [-0.3, -0.25) is 0 Å². The Bertz CT molecular complexity index is 491. The van der Waals surface area contributed by atoms with Crippen LogP contribution < -0.4 is 14.8 Å². The van der Waals surface area contributed by atoms with E-state index in [2.05, 4.69) is 30.4 Å². The molecule has 1 aromatic rings. The van der Waals surface area contributed by atoms with E-state index in [9.17, 15) is 0 Å². The third-order valence-electron chi connectivity index (χ3n) is 5.01. The number of benzene rings is 1. The van der Waals surface area contributed by atoms with Gasteiger partial charge in [0.05, 0.1) is 6.61 Å². The summed E-state index contributed by atoms with van der Waals surface area (Å²) in [5.74, 6) is 2.46. The highest BCUT2D eigenvalue weighted by Gasteiger charge is 2.45. The van der Waals surface area contributed by atoms with E-state index in [1.54, 1.807) is 7.11 Å². The number of methoxy groups -OCH3 is 1. The molecule has 116 valence electrons. The molecule has 2 atom stereocenters. The van der Waals surface area contributed by atoms with Crippen LogP contribution in [0.5, 0.6) is 11.5 Å². The van der Waals surface area contributed by atoms with Crippen LogP contribution in [0.3, 0.4) is 0 Å². The van der Waals surface area contributed by atoms with E-state index in [0.717, 1.165) is 31.2 Å². The van der Waals surface area contributed by atoms with E-state index in [-0.39, 0.29) is 5.41 Å². The van der Waals surface area contributed by atoms with Crippen LogP contribution in [-0.2, 0) is 10.2 Å². The Morgan fingerprint density at radius 1 is 1.29 bits per heavy atom. The SMILES string of the molecule is COCCNCC1(c2ccc3c(c2)OCCO3)CCC1C. The molecule has 0 radical (unpaired) electrons. The predicted octanol–water partition coefficient (Wildman–Crippen LogP) is 2.36. The molecule has 21 heavy (non-hydrogen) atoms. The molecule has 1 N–H and O–H groups in total. The maximum Gasteiger partial charge on any atom is 0.161 e. The zero-order valence-corrected chi connectivity index (χ0v) is 13.0. The second-order valence-electron chi connectivity index (χ2n) is 6.12. The fraction of sp³-hybridized carbons (Fsp3) is 0.647. The first-order chi connectivity index (χ1) is 10.3. The summed E-state index contributed by atoms with van der Waals surface area (Å²) in [5.41, 5.74) is 1.60. The van der Waals surface area contributed by atoms with Crippen molar-refractivity contribution in [3.8, 4) is 11.5 Å². The summed E-state index contributed by atoms with van der Waals surface area (Å²) in [6.45, 7) is 6.29. The predicted molar refractivity (Wildman–Crippen MR) is 82.3 cm³/mol. The number of hydrogen-bond acceptors (Lipinski definition) is 4. The largest absolute Gasteiger partial charge is 0.486 e. The van der Waals surface area contributed by atoms with Crippen molar-refractivity contribution in [2.45, 2.75) is 25.2 Å². The highest BCUT2D eigenvalue weighted by molar-refractivity contribution is 5.47. The molecule has 3 rings (SSSR count). The average molecular weight is 291 g/mol. The zero-order chi connectivity index (χ0) is 14.7. The van der Waals surface area contributed by atoms with E-state index in [4.69, 9.17) is 14.2 Å². The molecular formula is C17H25NO3. The molecule has 2 aliphatic rings. The Hall–Kier alpha value is -1.26. The van der Waals surface area contributed by atoms with Crippen LogP contribution in [0.2, 0.25) is 0 Å². The molecule has 4 nitrogen and oxygen atoms in total. The van der Waals surface area contributed by atoms with Gasteiger partial charge in [-0.05, 0) is 36.5 Å². The standard InChI is InChI=1S/C17H25NO3/c1-13-5-6-17(13,12-18-7-8-19-2)14-3-4-15-16(11-14)21-10-9-20-15/h3-4,11,13,18H,5-10,12H2,1-2H3. The third kappa shape index (κ3) is 2.74. The molecule has 1 heterocycles. The van der Waals surface area contributed by atoms with Gasteiger partial charge in [0.1, 0.15) is 13.2 Å². The zero-order valence-electron chi connectivity index (χ0n) is 13.0. The lowest BCUT2D eigenvalue weighted by Crippen LogP contribution is -2.50. The molecular weight excluding hydrogens is 266 g/mol. The monoisotopic (exact) mass is 291 g/mol. The Morgan fingerprint density at radius 2 is 2.10 bits per heavy atom. The van der Waals surface area contributed by atoms with Crippen molar-refractivity contribution >= 4 is 0 Å². The molecule has 0 bridgehead atoms. The van der Waals surface area contributed by atoms with E-state index in [1.165, 1.54) is 18.4 Å². The summed E-state index contributed by atoms with van der Waals surface area (Å²) in [7, 11) is 1.74. The van der Waals surface area contributed by atoms with Gasteiger partial charge in [0, 0.05) is 25.6 Å². The van der Waals surface area contributed by atoms with Crippen LogP contribution in [0.15, 0.2) is 18.2 Å². The summed E-state index contributed by atoms with van der Waals surface area (Å²) in [4.78, 5) is 0. The quantitative estimate of drug-likeness (QED) is 0.817. The van der Waals surface area contributed by atoms with Gasteiger partial charge < -0.3 is 19.5 Å². The first-order valence-corrected chi connectivity index (χ1v) is 7.86. The highest BCUT2D eigenvalue weighted by atomic mass is 16.6. The number of fused-ring (bicyclic) bond motifs is 1. The first-order valence-electron chi connectivity index (χ1n) is 7.86. The van der Waals surface area contributed by atoms with Gasteiger partial charge in [-0.25, -0.2) is 0 Å². The van der Waals surface area contributed by atoms with Crippen molar-refractivity contribution in [2.75, 3.05) is 40.0 Å². The number of rotatable bonds is 6. The van der Waals surface area contributed by atoms with Crippen molar-refractivity contribution in [1.82, 2.24) is 5.32 Å². The molecule has 0 saturated heterocycles. The van der Waals surface area contributed by atoms with E-state index >= 15 is 0 Å². The van der Waals surface area contributed by atoms with E-state index in [0.29, 0.717) is 19.1 Å². The molecule has 1 aliphatic carbocycles. The Labute approximate surface area is 126 Å². The number of hydrogen-bond donors (Lipinski definition) is 1. The Morgan fingerprint density at radius 3 is 2.76 bits per heavy atom. The Kier molecular flexibility index (Phi) is 4.36. The number of nitrogens with one attached hydrogen (secondary N) is 1. The maximum absolute atomic E-state index is 5.74. The van der Waals surface area contributed by atoms with Gasteiger partial charge in [-0.2, -0.15) is 0 Å². The van der Waals surface area contributed by atoms with Crippen molar-refractivity contribution in [1.29, 1.82) is 0 Å². The third-order valence-corrected chi connectivity index (χ3v) is 5.01. The van der Waals surface area contributed by atoms with Gasteiger partial charge in [-0.1, -0.05) is 13.0 Å². The topological polar surface area (TPSA) is 39.7 Å². The van der Waals surface area contributed by atoms with E-state index in [1.807, 2.05) is 0 Å². The highest BCUT2D eigenvalue weighted by Crippen LogP contribution is 2.49. The van der Waals surface area contributed by atoms with Crippen LogP contribution in [0.1, 0.15) is 25.3 Å². The molecule has 0 spiro atoms. The van der Waals surface area contributed by atoms with E-state index < -0.39 is 0 Å². The number of ether oxygens (including phenoxy) is 3. The minimum absolute atomic E-state index is 0.226. The molecule has 4 heteroatoms. The molecule has 0 aromatic heterocycles. The first kappa shape index (κ1) is 14.7. The van der Waals surface area contributed by atoms with Gasteiger partial charge >= 0.3 is 0 Å². The van der Waals surface area contributed by atoms with Crippen LogP contribution in [0, 0.1) is 5.92 Å². The molecule has 1 aromatic carbocycles. The van der Waals surface area contributed by atoms with Gasteiger partial charge in [-0.15, -0.1) is 0 Å². The lowest BCUT2D eigenvalue weighted by atomic mass is 9.57. The fourth-order valence-electron chi connectivity index (χ4n) is 3.41. The molecule has 2 unspecified atom stereocenters. The normalized spacial score (nSPS) is 27.2. The smallest absolute Gasteiger partial charge is 0.161 e. The minimum Gasteiger partial charge on any atom is -0.486 e. The molecule has 1 saturated carbocycles. The van der Waals surface area contributed by atoms with Crippen molar-refractivity contribution in [3.05, 3.63) is 23.8 Å². The summed E-state index contributed by atoms with van der Waals surface area (Å²) in [6, 6.07) is 6.45. The minimum atomic E-state index is 0.226. The summed E-state index contributed by atoms with van der Waals surface area (Å²) in [5, 5.41) is 3.54. The van der Waals surface area contributed by atoms with Gasteiger partial charge in [0.2, 0.25) is 0 Å². The fourth-order valence-corrected chi connectivity index (χ4v) is 3.41. The van der Waals surface area contributed by atoms with Gasteiger partial charge in [0.15, 0.2) is 11.5 Å². The van der Waals surface area contributed by atoms with Crippen molar-refractivity contribution in [2.24, 2.45) is 5.92 Å². The summed E-state index contributed by atoms with van der Waals surface area (Å²) < 4.78 is 16.5. The average Bonchev–Trinajstić information content (AvgIpc) is 2.53. The second kappa shape index (κ2) is 6.24. The van der Waals surface area contributed by atoms with Crippen LogP contribution >= 0.6 is 0 Å².